The standard InChI is InChI=1S/C14H18N2O3/c17-13(16-9-3-8-15-10-6-7-10)11-4-1-2-5-12(11)14(18)19/h1-2,4-5,10,15H,3,6-9H2,(H,16,17)(H,18,19). The quantitative estimate of drug-likeness (QED) is 0.646. The molecule has 0 spiro atoms. The molecule has 2 rings (SSSR count). The van der Waals surface area contributed by atoms with Crippen molar-refractivity contribution in [2.24, 2.45) is 0 Å². The van der Waals surface area contributed by atoms with Gasteiger partial charge in [0.1, 0.15) is 0 Å². The summed E-state index contributed by atoms with van der Waals surface area (Å²) in [5, 5.41) is 15.1. The summed E-state index contributed by atoms with van der Waals surface area (Å²) in [7, 11) is 0. The Bertz CT molecular complexity index is 470. The van der Waals surface area contributed by atoms with Crippen LogP contribution >= 0.6 is 0 Å². The zero-order chi connectivity index (χ0) is 13.7. The number of benzene rings is 1. The molecule has 1 aromatic rings. The second kappa shape index (κ2) is 6.33. The van der Waals surface area contributed by atoms with Gasteiger partial charge in [0.15, 0.2) is 0 Å². The van der Waals surface area contributed by atoms with E-state index in [4.69, 9.17) is 5.11 Å². The highest BCUT2D eigenvalue weighted by Gasteiger charge is 2.19. The van der Waals surface area contributed by atoms with Gasteiger partial charge in [-0.1, -0.05) is 12.1 Å². The second-order valence-corrected chi connectivity index (χ2v) is 4.69. The third kappa shape index (κ3) is 4.06. The number of carboxylic acids is 1. The Hall–Kier alpha value is -1.88. The minimum Gasteiger partial charge on any atom is -0.478 e. The van der Waals surface area contributed by atoms with Crippen LogP contribution < -0.4 is 10.6 Å². The number of hydrogen-bond donors (Lipinski definition) is 3. The molecule has 0 saturated heterocycles. The van der Waals surface area contributed by atoms with Gasteiger partial charge in [-0.25, -0.2) is 4.79 Å². The van der Waals surface area contributed by atoms with Crippen molar-refractivity contribution in [3.05, 3.63) is 35.4 Å². The number of carbonyl (C=O) groups is 2. The lowest BCUT2D eigenvalue weighted by Gasteiger charge is -2.08. The van der Waals surface area contributed by atoms with E-state index in [0.717, 1.165) is 13.0 Å². The highest BCUT2D eigenvalue weighted by Crippen LogP contribution is 2.18. The smallest absolute Gasteiger partial charge is 0.336 e. The van der Waals surface area contributed by atoms with E-state index in [0.29, 0.717) is 12.6 Å². The summed E-state index contributed by atoms with van der Waals surface area (Å²) < 4.78 is 0. The van der Waals surface area contributed by atoms with Gasteiger partial charge in [-0.2, -0.15) is 0 Å². The summed E-state index contributed by atoms with van der Waals surface area (Å²) in [6, 6.07) is 6.91. The van der Waals surface area contributed by atoms with Crippen LogP contribution in [0.4, 0.5) is 0 Å². The molecule has 1 aliphatic carbocycles. The molecule has 3 N–H and O–H groups in total. The Balaban J connectivity index is 1.79. The van der Waals surface area contributed by atoms with Gasteiger partial charge < -0.3 is 15.7 Å². The molecule has 1 amide bonds. The fourth-order valence-corrected chi connectivity index (χ4v) is 1.85. The molecule has 5 heteroatoms. The zero-order valence-electron chi connectivity index (χ0n) is 10.7. The molecule has 0 unspecified atom stereocenters. The Morgan fingerprint density at radius 1 is 1.16 bits per heavy atom. The molecule has 0 aliphatic heterocycles. The van der Waals surface area contributed by atoms with Crippen molar-refractivity contribution >= 4 is 11.9 Å². The van der Waals surface area contributed by atoms with Crippen molar-refractivity contribution in [2.75, 3.05) is 13.1 Å². The number of carboxylic acid groups (broad SMARTS) is 1. The van der Waals surface area contributed by atoms with Crippen molar-refractivity contribution in [1.82, 2.24) is 10.6 Å². The van der Waals surface area contributed by atoms with Gasteiger partial charge in [-0.15, -0.1) is 0 Å². The van der Waals surface area contributed by atoms with E-state index in [2.05, 4.69) is 10.6 Å². The van der Waals surface area contributed by atoms with Crippen LogP contribution in [0.2, 0.25) is 0 Å². The molecule has 102 valence electrons. The number of aromatic carboxylic acids is 1. The van der Waals surface area contributed by atoms with Crippen LogP contribution in [0.3, 0.4) is 0 Å². The molecule has 19 heavy (non-hydrogen) atoms. The van der Waals surface area contributed by atoms with Crippen molar-refractivity contribution in [3.63, 3.8) is 0 Å². The first-order valence-electron chi connectivity index (χ1n) is 6.52. The van der Waals surface area contributed by atoms with Gasteiger partial charge in [0.05, 0.1) is 11.1 Å². The SMILES string of the molecule is O=C(O)c1ccccc1C(=O)NCCCNC1CC1. The van der Waals surface area contributed by atoms with E-state index in [1.807, 2.05) is 0 Å². The predicted molar refractivity (Wildman–Crippen MR) is 71.4 cm³/mol. The third-order valence-corrected chi connectivity index (χ3v) is 3.05. The number of hydrogen-bond acceptors (Lipinski definition) is 3. The topological polar surface area (TPSA) is 78.4 Å². The van der Waals surface area contributed by atoms with Gasteiger partial charge in [0.25, 0.3) is 5.91 Å². The molecule has 1 aromatic carbocycles. The first kappa shape index (κ1) is 13.5. The lowest BCUT2D eigenvalue weighted by atomic mass is 10.1. The fraction of sp³-hybridized carbons (Fsp3) is 0.429. The van der Waals surface area contributed by atoms with Crippen molar-refractivity contribution in [1.29, 1.82) is 0 Å². The summed E-state index contributed by atoms with van der Waals surface area (Å²) >= 11 is 0. The van der Waals surface area contributed by atoms with E-state index >= 15 is 0 Å². The lowest BCUT2D eigenvalue weighted by molar-refractivity contribution is 0.0691. The van der Waals surface area contributed by atoms with Crippen LogP contribution in [0.15, 0.2) is 24.3 Å². The van der Waals surface area contributed by atoms with Crippen LogP contribution in [-0.4, -0.2) is 36.1 Å². The van der Waals surface area contributed by atoms with Gasteiger partial charge in [-0.3, -0.25) is 4.79 Å². The minimum absolute atomic E-state index is 0.0381. The summed E-state index contributed by atoms with van der Waals surface area (Å²) in [4.78, 5) is 22.9. The first-order chi connectivity index (χ1) is 9.18. The summed E-state index contributed by atoms with van der Waals surface area (Å²) in [5.74, 6) is -1.41. The molecular weight excluding hydrogens is 244 g/mol. The summed E-state index contributed by atoms with van der Waals surface area (Å²) in [6.45, 7) is 1.43. The normalized spacial score (nSPS) is 14.1. The largest absolute Gasteiger partial charge is 0.478 e. The van der Waals surface area contributed by atoms with E-state index in [1.165, 1.54) is 25.0 Å². The van der Waals surface area contributed by atoms with E-state index in [9.17, 15) is 9.59 Å². The third-order valence-electron chi connectivity index (χ3n) is 3.05. The summed E-state index contributed by atoms with van der Waals surface area (Å²) in [6.07, 6.45) is 3.34. The molecule has 0 heterocycles. The van der Waals surface area contributed by atoms with Gasteiger partial charge >= 0.3 is 5.97 Å². The highest BCUT2D eigenvalue weighted by molar-refractivity contribution is 6.04. The van der Waals surface area contributed by atoms with Crippen molar-refractivity contribution in [2.45, 2.75) is 25.3 Å². The average molecular weight is 262 g/mol. The van der Waals surface area contributed by atoms with Crippen LogP contribution in [0.25, 0.3) is 0 Å². The van der Waals surface area contributed by atoms with Crippen molar-refractivity contribution in [3.8, 4) is 0 Å². The Morgan fingerprint density at radius 3 is 2.47 bits per heavy atom. The number of carbonyl (C=O) groups excluding carboxylic acids is 1. The lowest BCUT2D eigenvalue weighted by Crippen LogP contribution is -2.29. The maximum absolute atomic E-state index is 11.9. The molecular formula is C14H18N2O3. The zero-order valence-corrected chi connectivity index (χ0v) is 10.7. The predicted octanol–water partition coefficient (Wildman–Crippen LogP) is 1.26. The molecule has 0 atom stereocenters. The molecule has 5 nitrogen and oxygen atoms in total. The van der Waals surface area contributed by atoms with E-state index in [-0.39, 0.29) is 17.0 Å². The van der Waals surface area contributed by atoms with Crippen LogP contribution in [0.5, 0.6) is 0 Å². The van der Waals surface area contributed by atoms with E-state index < -0.39 is 5.97 Å². The Morgan fingerprint density at radius 2 is 1.84 bits per heavy atom. The van der Waals surface area contributed by atoms with Crippen molar-refractivity contribution < 1.29 is 14.7 Å². The Labute approximate surface area is 112 Å². The Kier molecular flexibility index (Phi) is 4.52. The number of nitrogens with one attached hydrogen (secondary N) is 2. The molecule has 0 bridgehead atoms. The molecule has 1 aliphatic rings. The monoisotopic (exact) mass is 262 g/mol. The maximum atomic E-state index is 11.9. The fourth-order valence-electron chi connectivity index (χ4n) is 1.85. The molecule has 0 radical (unpaired) electrons. The first-order valence-corrected chi connectivity index (χ1v) is 6.52. The molecule has 1 saturated carbocycles. The molecule has 0 aromatic heterocycles. The van der Waals surface area contributed by atoms with Crippen LogP contribution in [-0.2, 0) is 0 Å². The van der Waals surface area contributed by atoms with Crippen LogP contribution in [0.1, 0.15) is 40.0 Å². The van der Waals surface area contributed by atoms with Crippen LogP contribution in [0, 0.1) is 0 Å². The van der Waals surface area contributed by atoms with Gasteiger partial charge in [0.2, 0.25) is 0 Å². The number of rotatable bonds is 7. The highest BCUT2D eigenvalue weighted by atomic mass is 16.4. The number of amides is 1. The summed E-state index contributed by atoms with van der Waals surface area (Å²) in [5.41, 5.74) is 0.251. The van der Waals surface area contributed by atoms with E-state index in [1.54, 1.807) is 12.1 Å². The average Bonchev–Trinajstić information content (AvgIpc) is 3.22. The van der Waals surface area contributed by atoms with Gasteiger partial charge in [-0.05, 0) is 37.9 Å². The minimum atomic E-state index is -1.08. The maximum Gasteiger partial charge on any atom is 0.336 e. The second-order valence-electron chi connectivity index (χ2n) is 4.69. The van der Waals surface area contributed by atoms with Gasteiger partial charge in [0, 0.05) is 12.6 Å². The molecule has 1 fully saturated rings.